The molecule has 0 atom stereocenters. The van der Waals surface area contributed by atoms with Gasteiger partial charge in [-0.2, -0.15) is 0 Å². The lowest BCUT2D eigenvalue weighted by atomic mass is 9.90. The number of rotatable bonds is 5. The number of hydrogen-bond acceptors (Lipinski definition) is 5. The SMILES string of the molecule is CCCNC1CCC(N(C)c2nccn3cnnc23)CC1. The molecule has 21 heavy (non-hydrogen) atoms. The summed E-state index contributed by atoms with van der Waals surface area (Å²) < 4.78 is 1.92. The summed E-state index contributed by atoms with van der Waals surface area (Å²) in [5.41, 5.74) is 0.839. The average molecular weight is 288 g/mol. The van der Waals surface area contributed by atoms with Crippen molar-refractivity contribution >= 4 is 11.5 Å². The van der Waals surface area contributed by atoms with Crippen LogP contribution in [0.1, 0.15) is 39.0 Å². The van der Waals surface area contributed by atoms with Gasteiger partial charge in [0.1, 0.15) is 6.33 Å². The minimum absolute atomic E-state index is 0.542. The third-order valence-electron chi connectivity index (χ3n) is 4.46. The second-order valence-corrected chi connectivity index (χ2v) is 5.88. The molecule has 1 fully saturated rings. The largest absolute Gasteiger partial charge is 0.354 e. The molecule has 2 aromatic heterocycles. The lowest BCUT2D eigenvalue weighted by molar-refractivity contribution is 0.337. The van der Waals surface area contributed by atoms with E-state index in [1.54, 1.807) is 6.33 Å². The third-order valence-corrected chi connectivity index (χ3v) is 4.46. The Labute approximate surface area is 125 Å². The van der Waals surface area contributed by atoms with Crippen molar-refractivity contribution in [1.29, 1.82) is 0 Å². The van der Waals surface area contributed by atoms with Crippen LogP contribution in [-0.4, -0.2) is 45.3 Å². The van der Waals surface area contributed by atoms with Gasteiger partial charge in [0.15, 0.2) is 5.82 Å². The van der Waals surface area contributed by atoms with E-state index in [-0.39, 0.29) is 0 Å². The van der Waals surface area contributed by atoms with E-state index in [4.69, 9.17) is 0 Å². The second-order valence-electron chi connectivity index (χ2n) is 5.88. The van der Waals surface area contributed by atoms with Gasteiger partial charge in [-0.15, -0.1) is 10.2 Å². The Bertz CT molecular complexity index is 572. The van der Waals surface area contributed by atoms with Gasteiger partial charge in [0.05, 0.1) is 0 Å². The van der Waals surface area contributed by atoms with Crippen molar-refractivity contribution in [1.82, 2.24) is 24.9 Å². The van der Waals surface area contributed by atoms with Gasteiger partial charge >= 0.3 is 0 Å². The van der Waals surface area contributed by atoms with Gasteiger partial charge in [-0.25, -0.2) is 4.98 Å². The molecule has 0 aromatic carbocycles. The van der Waals surface area contributed by atoms with Crippen LogP contribution in [0.3, 0.4) is 0 Å². The summed E-state index contributed by atoms with van der Waals surface area (Å²) in [6.45, 7) is 3.35. The molecule has 1 aliphatic rings. The molecule has 2 heterocycles. The van der Waals surface area contributed by atoms with E-state index in [1.165, 1.54) is 32.1 Å². The summed E-state index contributed by atoms with van der Waals surface area (Å²) in [5, 5.41) is 11.8. The second kappa shape index (κ2) is 6.39. The molecule has 114 valence electrons. The molecular weight excluding hydrogens is 264 g/mol. The zero-order chi connectivity index (χ0) is 14.7. The van der Waals surface area contributed by atoms with E-state index in [0.717, 1.165) is 18.0 Å². The van der Waals surface area contributed by atoms with E-state index in [9.17, 15) is 0 Å². The van der Waals surface area contributed by atoms with Crippen LogP contribution in [-0.2, 0) is 0 Å². The first-order chi connectivity index (χ1) is 10.3. The first-order valence-corrected chi connectivity index (χ1v) is 7.90. The van der Waals surface area contributed by atoms with Crippen molar-refractivity contribution in [3.63, 3.8) is 0 Å². The summed E-state index contributed by atoms with van der Waals surface area (Å²) in [6, 6.07) is 1.23. The Morgan fingerprint density at radius 3 is 2.90 bits per heavy atom. The summed E-state index contributed by atoms with van der Waals surface area (Å²) in [4.78, 5) is 6.79. The van der Waals surface area contributed by atoms with E-state index >= 15 is 0 Å². The Morgan fingerprint density at radius 1 is 1.33 bits per heavy atom. The third kappa shape index (κ3) is 3.00. The van der Waals surface area contributed by atoms with Crippen LogP contribution in [0.15, 0.2) is 18.7 Å². The van der Waals surface area contributed by atoms with Crippen molar-refractivity contribution in [3.8, 4) is 0 Å². The minimum Gasteiger partial charge on any atom is -0.354 e. The Kier molecular flexibility index (Phi) is 4.34. The molecule has 0 aliphatic heterocycles. The molecule has 1 saturated carbocycles. The van der Waals surface area contributed by atoms with Crippen LogP contribution in [0, 0.1) is 0 Å². The lowest BCUT2D eigenvalue weighted by Gasteiger charge is -2.35. The number of nitrogens with zero attached hydrogens (tertiary/aromatic N) is 5. The summed E-state index contributed by atoms with van der Waals surface area (Å²) in [7, 11) is 2.13. The Morgan fingerprint density at radius 2 is 2.14 bits per heavy atom. The van der Waals surface area contributed by atoms with Gasteiger partial charge in [-0.05, 0) is 38.6 Å². The molecule has 0 spiro atoms. The molecule has 6 heteroatoms. The smallest absolute Gasteiger partial charge is 0.203 e. The highest BCUT2D eigenvalue weighted by atomic mass is 15.3. The number of anilines is 1. The van der Waals surface area contributed by atoms with Crippen molar-refractivity contribution < 1.29 is 0 Å². The molecule has 6 nitrogen and oxygen atoms in total. The molecule has 3 rings (SSSR count). The van der Waals surface area contributed by atoms with Crippen LogP contribution in [0.4, 0.5) is 5.82 Å². The average Bonchev–Trinajstić information content (AvgIpc) is 3.01. The van der Waals surface area contributed by atoms with Gasteiger partial charge in [0, 0.05) is 31.5 Å². The zero-order valence-electron chi connectivity index (χ0n) is 12.9. The van der Waals surface area contributed by atoms with Crippen molar-refractivity contribution in [3.05, 3.63) is 18.7 Å². The standard InChI is InChI=1S/C15H24N6/c1-3-8-16-12-4-6-13(7-5-12)20(2)14-15-19-18-11-21(15)10-9-17-14/h9-13,16H,3-8H2,1-2H3. The van der Waals surface area contributed by atoms with Crippen LogP contribution in [0.25, 0.3) is 5.65 Å². The molecule has 0 saturated heterocycles. The van der Waals surface area contributed by atoms with E-state index < -0.39 is 0 Å². The van der Waals surface area contributed by atoms with Crippen LogP contribution in [0.2, 0.25) is 0 Å². The maximum absolute atomic E-state index is 4.51. The highest BCUT2D eigenvalue weighted by Crippen LogP contribution is 2.26. The summed E-state index contributed by atoms with van der Waals surface area (Å²) in [5.74, 6) is 0.931. The highest BCUT2D eigenvalue weighted by Gasteiger charge is 2.25. The number of nitrogens with one attached hydrogen (secondary N) is 1. The van der Waals surface area contributed by atoms with E-state index in [1.807, 2.05) is 16.8 Å². The van der Waals surface area contributed by atoms with Crippen LogP contribution in [0.5, 0.6) is 0 Å². The van der Waals surface area contributed by atoms with Gasteiger partial charge in [0.2, 0.25) is 5.65 Å². The topological polar surface area (TPSA) is 58.4 Å². The fourth-order valence-electron chi connectivity index (χ4n) is 3.18. The fourth-order valence-corrected chi connectivity index (χ4v) is 3.18. The lowest BCUT2D eigenvalue weighted by Crippen LogP contribution is -2.41. The number of fused-ring (bicyclic) bond motifs is 1. The van der Waals surface area contributed by atoms with Gasteiger partial charge < -0.3 is 10.2 Å². The summed E-state index contributed by atoms with van der Waals surface area (Å²) >= 11 is 0. The molecule has 0 amide bonds. The fraction of sp³-hybridized carbons (Fsp3) is 0.667. The maximum atomic E-state index is 4.51. The van der Waals surface area contributed by atoms with Gasteiger partial charge in [0.25, 0.3) is 0 Å². The molecule has 1 aliphatic carbocycles. The molecule has 2 aromatic rings. The van der Waals surface area contributed by atoms with E-state index in [0.29, 0.717) is 12.1 Å². The zero-order valence-corrected chi connectivity index (χ0v) is 12.9. The van der Waals surface area contributed by atoms with Crippen molar-refractivity contribution in [2.24, 2.45) is 0 Å². The van der Waals surface area contributed by atoms with Gasteiger partial charge in [-0.3, -0.25) is 4.40 Å². The quantitative estimate of drug-likeness (QED) is 0.910. The maximum Gasteiger partial charge on any atom is 0.203 e. The minimum atomic E-state index is 0.542. The Balaban J connectivity index is 1.66. The predicted molar refractivity (Wildman–Crippen MR) is 83.5 cm³/mol. The predicted octanol–water partition coefficient (Wildman–Crippen LogP) is 1.87. The highest BCUT2D eigenvalue weighted by molar-refractivity contribution is 5.63. The normalized spacial score (nSPS) is 22.6. The summed E-state index contributed by atoms with van der Waals surface area (Å²) in [6.07, 6.45) is 11.5. The Hall–Kier alpha value is -1.69. The van der Waals surface area contributed by atoms with Gasteiger partial charge in [-0.1, -0.05) is 6.92 Å². The first kappa shape index (κ1) is 14.3. The number of aromatic nitrogens is 4. The monoisotopic (exact) mass is 288 g/mol. The molecule has 1 N–H and O–H groups in total. The van der Waals surface area contributed by atoms with Crippen LogP contribution < -0.4 is 10.2 Å². The van der Waals surface area contributed by atoms with E-state index in [2.05, 4.69) is 39.4 Å². The van der Waals surface area contributed by atoms with Crippen molar-refractivity contribution in [2.45, 2.75) is 51.1 Å². The molecule has 0 bridgehead atoms. The molecule has 0 radical (unpaired) electrons. The van der Waals surface area contributed by atoms with Crippen LogP contribution >= 0.6 is 0 Å². The molecular formula is C15H24N6. The first-order valence-electron chi connectivity index (χ1n) is 7.90. The molecule has 0 unspecified atom stereocenters. The number of hydrogen-bond donors (Lipinski definition) is 1. The van der Waals surface area contributed by atoms with Crippen molar-refractivity contribution in [2.75, 3.05) is 18.5 Å².